The van der Waals surface area contributed by atoms with Crippen molar-refractivity contribution in [1.29, 1.82) is 0 Å². The lowest BCUT2D eigenvalue weighted by Crippen LogP contribution is -2.40. The number of rotatable bonds is 4. The SMILES string of the molecule is CC1=CC(C)(OC(=O)C2=C(C(=O)OC3(C)C=C(C)C=CC3C)C3CCC2C3)C(C)C=C1. The molecule has 4 aliphatic rings. The molecule has 1 saturated carbocycles. The summed E-state index contributed by atoms with van der Waals surface area (Å²) in [5.41, 5.74) is 1.83. The molecule has 6 atom stereocenters. The van der Waals surface area contributed by atoms with Crippen LogP contribution in [0.1, 0.15) is 60.8 Å². The maximum atomic E-state index is 13.4. The average Bonchev–Trinajstić information content (AvgIpc) is 3.29. The summed E-state index contributed by atoms with van der Waals surface area (Å²) < 4.78 is 12.2. The Morgan fingerprint density at radius 3 is 1.58 bits per heavy atom. The van der Waals surface area contributed by atoms with Crippen molar-refractivity contribution in [2.75, 3.05) is 0 Å². The molecule has 0 heterocycles. The fraction of sp³-hybridized carbons (Fsp3) is 0.556. The maximum absolute atomic E-state index is 13.4. The van der Waals surface area contributed by atoms with E-state index in [0.29, 0.717) is 11.1 Å². The molecular formula is C27H34O4. The highest BCUT2D eigenvalue weighted by molar-refractivity contribution is 6.03. The topological polar surface area (TPSA) is 52.6 Å². The smallest absolute Gasteiger partial charge is 0.335 e. The number of hydrogen-bond acceptors (Lipinski definition) is 4. The molecule has 4 rings (SSSR count). The van der Waals surface area contributed by atoms with Gasteiger partial charge in [0.25, 0.3) is 0 Å². The number of ether oxygens (including phenoxy) is 2. The van der Waals surface area contributed by atoms with Crippen molar-refractivity contribution in [3.05, 3.63) is 58.7 Å². The summed E-state index contributed by atoms with van der Waals surface area (Å²) in [6.45, 7) is 12.0. The lowest BCUT2D eigenvalue weighted by molar-refractivity contribution is -0.155. The summed E-state index contributed by atoms with van der Waals surface area (Å²) in [5.74, 6) is -0.398. The predicted octanol–water partition coefficient (Wildman–Crippen LogP) is 5.62. The number of fused-ring (bicyclic) bond motifs is 2. The number of allylic oxidation sites excluding steroid dienone is 4. The van der Waals surface area contributed by atoms with Crippen LogP contribution < -0.4 is 0 Å². The van der Waals surface area contributed by atoms with Crippen LogP contribution in [-0.4, -0.2) is 23.1 Å². The van der Waals surface area contributed by atoms with E-state index in [9.17, 15) is 9.59 Å². The van der Waals surface area contributed by atoms with Crippen molar-refractivity contribution in [3.8, 4) is 0 Å². The first-order chi connectivity index (χ1) is 14.5. The molecule has 4 heteroatoms. The van der Waals surface area contributed by atoms with Gasteiger partial charge in [0.05, 0.1) is 11.1 Å². The first-order valence-corrected chi connectivity index (χ1v) is 11.5. The minimum Gasteiger partial charge on any atom is -0.451 e. The molecule has 0 aromatic rings. The minimum absolute atomic E-state index is 0.0663. The Hall–Kier alpha value is -2.36. The summed E-state index contributed by atoms with van der Waals surface area (Å²) in [7, 11) is 0. The van der Waals surface area contributed by atoms with Gasteiger partial charge in [-0.3, -0.25) is 0 Å². The molecule has 6 unspecified atom stereocenters. The molecule has 4 nitrogen and oxygen atoms in total. The number of esters is 2. The first-order valence-electron chi connectivity index (χ1n) is 11.5. The predicted molar refractivity (Wildman–Crippen MR) is 121 cm³/mol. The third kappa shape index (κ3) is 3.86. The zero-order chi connectivity index (χ0) is 22.6. The maximum Gasteiger partial charge on any atom is 0.335 e. The Bertz CT molecular complexity index is 886. The largest absolute Gasteiger partial charge is 0.451 e. The van der Waals surface area contributed by atoms with E-state index in [0.717, 1.165) is 30.4 Å². The molecule has 0 amide bonds. The summed E-state index contributed by atoms with van der Waals surface area (Å²) in [6, 6.07) is 0. The van der Waals surface area contributed by atoms with Crippen molar-refractivity contribution in [2.45, 2.75) is 72.0 Å². The van der Waals surface area contributed by atoms with Crippen LogP contribution >= 0.6 is 0 Å². The van der Waals surface area contributed by atoms with E-state index in [2.05, 4.69) is 24.3 Å². The molecule has 0 N–H and O–H groups in total. The van der Waals surface area contributed by atoms with Crippen molar-refractivity contribution < 1.29 is 19.1 Å². The fourth-order valence-electron chi connectivity index (χ4n) is 5.49. The van der Waals surface area contributed by atoms with Gasteiger partial charge in [-0.25, -0.2) is 9.59 Å². The first kappa shape index (κ1) is 21.9. The third-order valence-corrected chi connectivity index (χ3v) is 7.74. The molecule has 31 heavy (non-hydrogen) atoms. The normalized spacial score (nSPS) is 38.8. The quantitative estimate of drug-likeness (QED) is 0.552. The van der Waals surface area contributed by atoms with Gasteiger partial charge in [0.1, 0.15) is 11.2 Å². The molecule has 1 fully saturated rings. The molecular weight excluding hydrogens is 388 g/mol. The van der Waals surface area contributed by atoms with Crippen LogP contribution in [0, 0.1) is 23.7 Å². The van der Waals surface area contributed by atoms with E-state index in [1.54, 1.807) is 0 Å². The number of hydrogen-bond donors (Lipinski definition) is 0. The van der Waals surface area contributed by atoms with E-state index < -0.39 is 11.2 Å². The van der Waals surface area contributed by atoms with Crippen LogP contribution in [0.4, 0.5) is 0 Å². The molecule has 0 saturated heterocycles. The van der Waals surface area contributed by atoms with E-state index in [4.69, 9.17) is 9.47 Å². The van der Waals surface area contributed by atoms with E-state index >= 15 is 0 Å². The number of carbonyl (C=O) groups excluding carboxylic acids is 2. The van der Waals surface area contributed by atoms with Crippen LogP contribution in [0.25, 0.3) is 0 Å². The Morgan fingerprint density at radius 2 is 1.19 bits per heavy atom. The Morgan fingerprint density at radius 1 is 0.806 bits per heavy atom. The van der Waals surface area contributed by atoms with Crippen molar-refractivity contribution >= 4 is 11.9 Å². The Balaban J connectivity index is 1.62. The second kappa shape index (κ2) is 7.65. The van der Waals surface area contributed by atoms with Crippen LogP contribution in [0.3, 0.4) is 0 Å². The van der Waals surface area contributed by atoms with Crippen LogP contribution in [0.15, 0.2) is 58.7 Å². The molecule has 2 bridgehead atoms. The highest BCUT2D eigenvalue weighted by Gasteiger charge is 2.49. The highest BCUT2D eigenvalue weighted by Crippen LogP contribution is 2.50. The van der Waals surface area contributed by atoms with Gasteiger partial charge in [-0.2, -0.15) is 0 Å². The summed E-state index contributed by atoms with van der Waals surface area (Å²) in [4.78, 5) is 26.8. The van der Waals surface area contributed by atoms with E-state index in [1.807, 2.05) is 53.7 Å². The van der Waals surface area contributed by atoms with Crippen molar-refractivity contribution in [3.63, 3.8) is 0 Å². The zero-order valence-corrected chi connectivity index (χ0v) is 19.5. The fourth-order valence-corrected chi connectivity index (χ4v) is 5.49. The van der Waals surface area contributed by atoms with Gasteiger partial charge in [-0.1, -0.05) is 49.3 Å². The zero-order valence-electron chi connectivity index (χ0n) is 19.5. The van der Waals surface area contributed by atoms with Crippen molar-refractivity contribution in [2.24, 2.45) is 23.7 Å². The van der Waals surface area contributed by atoms with Gasteiger partial charge in [0, 0.05) is 11.8 Å². The molecule has 0 aromatic carbocycles. The third-order valence-electron chi connectivity index (χ3n) is 7.74. The Labute approximate surface area is 185 Å². The van der Waals surface area contributed by atoms with Gasteiger partial charge in [-0.05, 0) is 70.9 Å². The Kier molecular flexibility index (Phi) is 5.39. The van der Waals surface area contributed by atoms with Crippen molar-refractivity contribution in [1.82, 2.24) is 0 Å². The summed E-state index contributed by atoms with van der Waals surface area (Å²) in [5, 5.41) is 0. The standard InChI is InChI=1S/C27H34O4/c1-16-7-9-18(3)26(5,14-16)30-24(28)22-20-11-12-21(13-20)23(22)25(29)31-27(6)15-17(2)8-10-19(27)4/h7-10,14-15,18-21H,11-13H2,1-6H3. The number of carbonyl (C=O) groups is 2. The molecule has 0 radical (unpaired) electrons. The van der Waals surface area contributed by atoms with Gasteiger partial charge in [-0.15, -0.1) is 0 Å². The lowest BCUT2D eigenvalue weighted by Gasteiger charge is -2.36. The van der Waals surface area contributed by atoms with Gasteiger partial charge >= 0.3 is 11.9 Å². The van der Waals surface area contributed by atoms with E-state index in [1.165, 1.54) is 0 Å². The second-order valence-electron chi connectivity index (χ2n) is 10.3. The van der Waals surface area contributed by atoms with Crippen LogP contribution in [0.2, 0.25) is 0 Å². The molecule has 0 spiro atoms. The molecule has 0 aliphatic heterocycles. The summed E-state index contributed by atoms with van der Waals surface area (Å²) >= 11 is 0. The van der Waals surface area contributed by atoms with Crippen LogP contribution in [0.5, 0.6) is 0 Å². The highest BCUT2D eigenvalue weighted by atomic mass is 16.6. The summed E-state index contributed by atoms with van der Waals surface area (Å²) in [6.07, 6.45) is 15.0. The molecule has 0 aromatic heterocycles. The molecule has 4 aliphatic carbocycles. The van der Waals surface area contributed by atoms with Gasteiger partial charge < -0.3 is 9.47 Å². The second-order valence-corrected chi connectivity index (χ2v) is 10.3. The average molecular weight is 423 g/mol. The van der Waals surface area contributed by atoms with Gasteiger partial charge in [0.2, 0.25) is 0 Å². The van der Waals surface area contributed by atoms with Gasteiger partial charge in [0.15, 0.2) is 0 Å². The monoisotopic (exact) mass is 422 g/mol. The lowest BCUT2D eigenvalue weighted by atomic mass is 9.83. The minimum atomic E-state index is -0.714. The van der Waals surface area contributed by atoms with Crippen LogP contribution in [-0.2, 0) is 19.1 Å². The van der Waals surface area contributed by atoms with E-state index in [-0.39, 0.29) is 35.6 Å². The molecule has 166 valence electrons.